The van der Waals surface area contributed by atoms with Crippen LogP contribution in [0.4, 0.5) is 8.78 Å². The lowest BCUT2D eigenvalue weighted by atomic mass is 9.97. The van der Waals surface area contributed by atoms with Gasteiger partial charge in [0.2, 0.25) is 0 Å². The fourth-order valence-electron chi connectivity index (χ4n) is 3.50. The Morgan fingerprint density at radius 3 is 2.42 bits per heavy atom. The van der Waals surface area contributed by atoms with Gasteiger partial charge >= 0.3 is 0 Å². The molecule has 0 bridgehead atoms. The van der Waals surface area contributed by atoms with Crippen LogP contribution >= 0.6 is 0 Å². The molecule has 122 valence electrons. The summed E-state index contributed by atoms with van der Waals surface area (Å²) < 4.78 is 29.8. The van der Waals surface area contributed by atoms with E-state index in [4.69, 9.17) is 0 Å². The van der Waals surface area contributed by atoms with E-state index < -0.39 is 11.6 Å². The number of hydrogen-bond donors (Lipinski definition) is 0. The van der Waals surface area contributed by atoms with Crippen LogP contribution in [0.5, 0.6) is 0 Å². The van der Waals surface area contributed by atoms with Crippen molar-refractivity contribution in [3.05, 3.63) is 59.2 Å². The fraction of sp³-hybridized carbons (Fsp3) is 0.211. The number of benzene rings is 2. The average molecular weight is 326 g/mol. The maximum atomic E-state index is 14.5. The van der Waals surface area contributed by atoms with Crippen LogP contribution in [0.15, 0.2) is 36.4 Å². The van der Waals surface area contributed by atoms with Crippen LogP contribution in [-0.2, 0) is 0 Å². The molecule has 2 aromatic carbocycles. The van der Waals surface area contributed by atoms with Gasteiger partial charge in [0.15, 0.2) is 5.82 Å². The Labute approximate surface area is 138 Å². The van der Waals surface area contributed by atoms with E-state index >= 15 is 0 Å². The minimum absolute atomic E-state index is 0.107. The maximum absolute atomic E-state index is 14.5. The van der Waals surface area contributed by atoms with E-state index in [-0.39, 0.29) is 17.5 Å². The monoisotopic (exact) mass is 326 g/mol. The molecule has 0 N–H and O–H groups in total. The summed E-state index contributed by atoms with van der Waals surface area (Å²) in [6, 6.07) is 9.26. The topological polar surface area (TPSA) is 25.2 Å². The summed E-state index contributed by atoms with van der Waals surface area (Å²) in [4.78, 5) is 14.8. The highest BCUT2D eigenvalue weighted by Gasteiger charge is 2.35. The van der Waals surface area contributed by atoms with Crippen LogP contribution in [-0.4, -0.2) is 29.5 Å². The molecule has 2 heterocycles. The molecule has 0 saturated carbocycles. The second kappa shape index (κ2) is 4.98. The van der Waals surface area contributed by atoms with Gasteiger partial charge < -0.3 is 4.90 Å². The highest BCUT2D eigenvalue weighted by atomic mass is 19.1. The largest absolute Gasteiger partial charge is 0.303 e. The van der Waals surface area contributed by atoms with Crippen molar-refractivity contribution >= 4 is 16.8 Å². The van der Waals surface area contributed by atoms with Crippen LogP contribution in [0, 0.1) is 11.6 Å². The Kier molecular flexibility index (Phi) is 3.12. The normalized spacial score (nSPS) is 14.3. The predicted octanol–water partition coefficient (Wildman–Crippen LogP) is 4.21. The Hall–Kier alpha value is -2.53. The van der Waals surface area contributed by atoms with Crippen LogP contribution in [0.25, 0.3) is 22.2 Å². The van der Waals surface area contributed by atoms with Gasteiger partial charge in [-0.05, 0) is 33.2 Å². The number of halogens is 2. The third kappa shape index (κ3) is 1.82. The maximum Gasteiger partial charge on any atom is 0.263 e. The smallest absolute Gasteiger partial charge is 0.263 e. The average Bonchev–Trinajstić information content (AvgIpc) is 3.01. The zero-order valence-electron chi connectivity index (χ0n) is 13.6. The SMILES string of the molecule is CC(c1c2n(c3c(F)cc(F)cc13)C(=O)c1ccccc1-2)N(C)C. The molecule has 1 aliphatic rings. The molecule has 3 nitrogen and oxygen atoms in total. The number of nitrogens with zero attached hydrogens (tertiary/aromatic N) is 2. The zero-order chi connectivity index (χ0) is 17.2. The summed E-state index contributed by atoms with van der Waals surface area (Å²) in [5, 5.41) is 0.451. The van der Waals surface area contributed by atoms with E-state index in [0.717, 1.165) is 17.2 Å². The third-order valence-corrected chi connectivity index (χ3v) is 4.83. The van der Waals surface area contributed by atoms with Crippen LogP contribution in [0.2, 0.25) is 0 Å². The van der Waals surface area contributed by atoms with Gasteiger partial charge in [-0.3, -0.25) is 9.36 Å². The van der Waals surface area contributed by atoms with Crippen molar-refractivity contribution in [2.24, 2.45) is 0 Å². The summed E-state index contributed by atoms with van der Waals surface area (Å²) in [5.74, 6) is -1.63. The molecule has 5 heteroatoms. The Morgan fingerprint density at radius 2 is 1.75 bits per heavy atom. The van der Waals surface area contributed by atoms with Gasteiger partial charge in [0, 0.05) is 34.2 Å². The molecule has 1 aliphatic heterocycles. The lowest BCUT2D eigenvalue weighted by Gasteiger charge is -2.21. The van der Waals surface area contributed by atoms with Crippen molar-refractivity contribution in [3.63, 3.8) is 0 Å². The van der Waals surface area contributed by atoms with Gasteiger partial charge in [0.05, 0.1) is 11.2 Å². The number of aromatic nitrogens is 1. The standard InChI is InChI=1S/C19H16F2N2O/c1-10(22(2)3)16-14-8-11(20)9-15(21)17(14)23-18(16)12-6-4-5-7-13(12)19(23)24/h4-10H,1-3H3. The Bertz CT molecular complexity index is 1000. The molecule has 0 saturated heterocycles. The summed E-state index contributed by atoms with van der Waals surface area (Å²) in [6.45, 7) is 1.96. The minimum atomic E-state index is -0.718. The van der Waals surface area contributed by atoms with Crippen LogP contribution < -0.4 is 0 Å². The molecule has 0 spiro atoms. The Morgan fingerprint density at radius 1 is 1.08 bits per heavy atom. The lowest BCUT2D eigenvalue weighted by molar-refractivity contribution is 0.0973. The fourth-order valence-corrected chi connectivity index (χ4v) is 3.50. The highest BCUT2D eigenvalue weighted by molar-refractivity contribution is 6.16. The molecule has 4 rings (SSSR count). The van der Waals surface area contributed by atoms with Gasteiger partial charge in [-0.25, -0.2) is 8.78 Å². The second-order valence-corrected chi connectivity index (χ2v) is 6.37. The van der Waals surface area contributed by atoms with E-state index in [0.29, 0.717) is 16.6 Å². The predicted molar refractivity (Wildman–Crippen MR) is 89.1 cm³/mol. The van der Waals surface area contributed by atoms with E-state index in [9.17, 15) is 13.6 Å². The number of hydrogen-bond acceptors (Lipinski definition) is 2. The van der Waals surface area contributed by atoms with Crippen molar-refractivity contribution in [3.8, 4) is 11.3 Å². The molecular formula is C19H16F2N2O. The van der Waals surface area contributed by atoms with Crippen molar-refractivity contribution in [1.29, 1.82) is 0 Å². The minimum Gasteiger partial charge on any atom is -0.303 e. The molecule has 0 aliphatic carbocycles. The summed E-state index contributed by atoms with van der Waals surface area (Å²) in [7, 11) is 3.80. The molecule has 1 unspecified atom stereocenters. The van der Waals surface area contributed by atoms with Crippen LogP contribution in [0.1, 0.15) is 28.9 Å². The highest BCUT2D eigenvalue weighted by Crippen LogP contribution is 2.45. The van der Waals surface area contributed by atoms with Crippen molar-refractivity contribution in [2.75, 3.05) is 14.1 Å². The molecular weight excluding hydrogens is 310 g/mol. The van der Waals surface area contributed by atoms with Crippen molar-refractivity contribution < 1.29 is 13.6 Å². The third-order valence-electron chi connectivity index (χ3n) is 4.83. The van der Waals surface area contributed by atoms with Gasteiger partial charge in [-0.15, -0.1) is 0 Å². The quantitative estimate of drug-likeness (QED) is 0.551. The van der Waals surface area contributed by atoms with Crippen LogP contribution in [0.3, 0.4) is 0 Å². The van der Waals surface area contributed by atoms with Crippen molar-refractivity contribution in [2.45, 2.75) is 13.0 Å². The molecule has 3 aromatic rings. The first-order chi connectivity index (χ1) is 11.4. The number of rotatable bonds is 2. The van der Waals surface area contributed by atoms with Gasteiger partial charge in [-0.1, -0.05) is 18.2 Å². The lowest BCUT2D eigenvalue weighted by Crippen LogP contribution is -2.17. The number of carbonyl (C=O) groups excluding carboxylic acids is 1. The summed E-state index contributed by atoms with van der Waals surface area (Å²) in [5.41, 5.74) is 2.90. The second-order valence-electron chi connectivity index (χ2n) is 6.37. The van der Waals surface area contributed by atoms with E-state index in [1.807, 2.05) is 38.1 Å². The molecule has 1 atom stereocenters. The van der Waals surface area contributed by atoms with Gasteiger partial charge in [-0.2, -0.15) is 0 Å². The number of fused-ring (bicyclic) bond motifs is 5. The van der Waals surface area contributed by atoms with Gasteiger partial charge in [0.1, 0.15) is 5.82 Å². The summed E-state index contributed by atoms with van der Waals surface area (Å²) >= 11 is 0. The van der Waals surface area contributed by atoms with E-state index in [1.165, 1.54) is 10.6 Å². The van der Waals surface area contributed by atoms with Gasteiger partial charge in [0.25, 0.3) is 5.91 Å². The first-order valence-electron chi connectivity index (χ1n) is 7.75. The summed E-state index contributed by atoms with van der Waals surface area (Å²) in [6.07, 6.45) is 0. The molecule has 0 amide bonds. The molecule has 0 fully saturated rings. The molecule has 0 radical (unpaired) electrons. The first-order valence-corrected chi connectivity index (χ1v) is 7.75. The van der Waals surface area contributed by atoms with E-state index in [2.05, 4.69) is 0 Å². The number of carbonyl (C=O) groups is 1. The van der Waals surface area contributed by atoms with E-state index in [1.54, 1.807) is 12.1 Å². The van der Waals surface area contributed by atoms with Crippen molar-refractivity contribution in [1.82, 2.24) is 9.47 Å². The first kappa shape index (κ1) is 15.0. The zero-order valence-corrected chi connectivity index (χ0v) is 13.6. The molecule has 24 heavy (non-hydrogen) atoms. The molecule has 1 aromatic heterocycles. The Balaban J connectivity index is 2.21.